The molecule has 1 spiro atoms. The van der Waals surface area contributed by atoms with Crippen LogP contribution in [-0.2, 0) is 9.59 Å². The summed E-state index contributed by atoms with van der Waals surface area (Å²) in [5.41, 5.74) is 5.34. The van der Waals surface area contributed by atoms with Crippen LogP contribution in [0.25, 0.3) is 4.85 Å². The van der Waals surface area contributed by atoms with Gasteiger partial charge >= 0.3 is 0 Å². The fraction of sp³-hybridized carbons (Fsp3) is 0.489. The molecule has 1 N–H and O–H groups in total. The van der Waals surface area contributed by atoms with E-state index in [1.807, 2.05) is 36.4 Å². The van der Waals surface area contributed by atoms with Gasteiger partial charge in [0.25, 0.3) is 17.7 Å². The fourth-order valence-electron chi connectivity index (χ4n) is 11.5. The summed E-state index contributed by atoms with van der Waals surface area (Å²) in [6.07, 6.45) is 6.78. The molecular weight excluding hydrogens is 792 g/mol. The van der Waals surface area contributed by atoms with Gasteiger partial charge in [0, 0.05) is 106 Å². The molecule has 6 saturated heterocycles. The van der Waals surface area contributed by atoms with Gasteiger partial charge in [-0.25, -0.2) is 4.85 Å². The van der Waals surface area contributed by atoms with Crippen molar-refractivity contribution in [1.82, 2.24) is 20.0 Å². The second-order valence-electron chi connectivity index (χ2n) is 18.5. The molecule has 0 radical (unpaired) electrons. The van der Waals surface area contributed by atoms with Crippen LogP contribution >= 0.6 is 11.6 Å². The minimum absolute atomic E-state index is 0.0941. The van der Waals surface area contributed by atoms with Crippen LogP contribution in [-0.4, -0.2) is 122 Å². The van der Waals surface area contributed by atoms with E-state index in [0.717, 1.165) is 126 Å². The number of hydrogen-bond donors (Lipinski definition) is 1. The Morgan fingerprint density at radius 2 is 1.34 bits per heavy atom. The quantitative estimate of drug-likeness (QED) is 0.241. The van der Waals surface area contributed by atoms with Crippen molar-refractivity contribution >= 4 is 63.9 Å². The van der Waals surface area contributed by atoms with Gasteiger partial charge in [-0.15, -0.1) is 0 Å². The predicted molar refractivity (Wildman–Crippen MR) is 232 cm³/mol. The first-order valence-electron chi connectivity index (χ1n) is 22.0. The summed E-state index contributed by atoms with van der Waals surface area (Å²) in [5.74, 6) is -0.927. The molecule has 0 aromatic heterocycles. The van der Waals surface area contributed by atoms with Gasteiger partial charge in [0.05, 0.1) is 17.7 Å². The first-order chi connectivity index (χ1) is 29.5. The maximum Gasteiger partial charge on any atom is 0.262 e. The number of rotatable bonds is 6. The number of nitrogens with one attached hydrogen (secondary N) is 1. The Morgan fingerprint density at radius 1 is 0.721 bits per heavy atom. The number of benzene rings is 3. The number of hydrogen-bond acceptors (Lipinski definition) is 9. The lowest BCUT2D eigenvalue weighted by atomic mass is 9.77. The average Bonchev–Trinajstić information content (AvgIpc) is 3.80. The number of nitrogens with zero attached hydrogens (tertiary/aromatic N) is 7. The van der Waals surface area contributed by atoms with Crippen LogP contribution in [0.2, 0.25) is 5.02 Å². The zero-order chi connectivity index (χ0) is 42.0. The number of halogens is 1. The molecule has 10 rings (SSSR count). The van der Waals surface area contributed by atoms with E-state index in [1.165, 1.54) is 5.69 Å². The SMILES string of the molecule is [C-]#[N+]c1ccc(N2CCC3(CCN(c4ccc(C(=O)N5CC6CC(C5)CN(C5CCN(c7ccc8c(c7)C(=O)N(C7CCC(=O)NC7=O)C8=O)CC5)C6)cc4)CC3)C2)cc1Cl. The summed E-state index contributed by atoms with van der Waals surface area (Å²) in [6, 6.07) is 18.9. The van der Waals surface area contributed by atoms with Crippen molar-refractivity contribution in [2.75, 3.05) is 80.1 Å². The van der Waals surface area contributed by atoms with Gasteiger partial charge in [0.1, 0.15) is 6.04 Å². The van der Waals surface area contributed by atoms with Crippen molar-refractivity contribution < 1.29 is 24.0 Å². The highest BCUT2D eigenvalue weighted by Crippen LogP contribution is 2.44. The minimum atomic E-state index is -0.972. The van der Waals surface area contributed by atoms with Crippen molar-refractivity contribution in [2.45, 2.75) is 63.5 Å². The molecule has 7 aliphatic heterocycles. The molecule has 7 heterocycles. The Balaban J connectivity index is 0.696. The van der Waals surface area contributed by atoms with E-state index in [2.05, 4.69) is 46.8 Å². The summed E-state index contributed by atoms with van der Waals surface area (Å²) < 4.78 is 0. The molecule has 3 atom stereocenters. The van der Waals surface area contributed by atoms with Gasteiger partial charge in [-0.05, 0) is 117 Å². The van der Waals surface area contributed by atoms with Crippen LogP contribution in [0.3, 0.4) is 0 Å². The lowest BCUT2D eigenvalue weighted by Crippen LogP contribution is -2.57. The standard InChI is InChI=1S/C47H51ClN8O5/c1-49-40-9-7-36(24-39(40)48)53-21-16-47(29-53)14-19-52(20-15-47)33-4-2-32(3-5-33)44(59)55-27-30-22-31(28-55)26-54(25-30)34-12-17-51(18-13-34)35-6-8-37-38(23-35)46(61)56(45(37)60)41-10-11-42(57)50-43(41)58/h2-9,23-24,30-31,34,41H,10-22,25-29H2,(H,50,57,58). The molecule has 6 fully saturated rings. The van der Waals surface area contributed by atoms with E-state index in [1.54, 1.807) is 12.1 Å². The lowest BCUT2D eigenvalue weighted by Gasteiger charge is -2.49. The molecule has 3 aromatic carbocycles. The molecule has 316 valence electrons. The van der Waals surface area contributed by atoms with E-state index < -0.39 is 23.8 Å². The molecule has 5 amide bonds. The van der Waals surface area contributed by atoms with Crippen molar-refractivity contribution in [3.05, 3.63) is 93.8 Å². The number of fused-ring (bicyclic) bond motifs is 3. The molecule has 14 heteroatoms. The maximum atomic E-state index is 13.9. The fourth-order valence-corrected chi connectivity index (χ4v) is 11.7. The number of piperidine rings is 5. The third-order valence-corrected chi connectivity index (χ3v) is 15.1. The maximum absolute atomic E-state index is 13.9. The Kier molecular flexibility index (Phi) is 10.3. The van der Waals surface area contributed by atoms with E-state index in [0.29, 0.717) is 39.7 Å². The van der Waals surface area contributed by atoms with Gasteiger partial charge in [-0.3, -0.25) is 39.1 Å². The van der Waals surface area contributed by atoms with E-state index in [-0.39, 0.29) is 30.1 Å². The Hall–Kier alpha value is -5.45. The molecule has 3 unspecified atom stereocenters. The first-order valence-corrected chi connectivity index (χ1v) is 22.3. The topological polar surface area (TPSA) is 121 Å². The summed E-state index contributed by atoms with van der Waals surface area (Å²) in [4.78, 5) is 81.1. The minimum Gasteiger partial charge on any atom is -0.371 e. The highest BCUT2D eigenvalue weighted by atomic mass is 35.5. The molecular formula is C47H51ClN8O5. The van der Waals surface area contributed by atoms with Crippen LogP contribution in [0.4, 0.5) is 22.7 Å². The highest BCUT2D eigenvalue weighted by molar-refractivity contribution is 6.33. The Labute approximate surface area is 361 Å². The van der Waals surface area contributed by atoms with Gasteiger partial charge in [0.2, 0.25) is 17.5 Å². The summed E-state index contributed by atoms with van der Waals surface area (Å²) in [6.45, 7) is 16.5. The lowest BCUT2D eigenvalue weighted by molar-refractivity contribution is -0.136. The number of carbonyl (C=O) groups is 5. The Bertz CT molecular complexity index is 2320. The third-order valence-electron chi connectivity index (χ3n) is 14.8. The number of imide groups is 2. The van der Waals surface area contributed by atoms with Gasteiger partial charge in [-0.2, -0.15) is 0 Å². The number of likely N-dealkylation sites (tertiary alicyclic amines) is 2. The molecule has 0 aliphatic carbocycles. The second-order valence-corrected chi connectivity index (χ2v) is 18.9. The molecule has 2 bridgehead atoms. The summed E-state index contributed by atoms with van der Waals surface area (Å²) in [7, 11) is 0. The Morgan fingerprint density at radius 3 is 2.02 bits per heavy atom. The van der Waals surface area contributed by atoms with Crippen LogP contribution in [0, 0.1) is 23.8 Å². The first kappa shape index (κ1) is 39.7. The molecule has 7 aliphatic rings. The van der Waals surface area contributed by atoms with E-state index >= 15 is 0 Å². The van der Waals surface area contributed by atoms with Crippen molar-refractivity contribution in [3.63, 3.8) is 0 Å². The van der Waals surface area contributed by atoms with Crippen LogP contribution < -0.4 is 20.0 Å². The van der Waals surface area contributed by atoms with Crippen LogP contribution in [0.15, 0.2) is 60.7 Å². The van der Waals surface area contributed by atoms with Crippen LogP contribution in [0.1, 0.15) is 82.4 Å². The largest absolute Gasteiger partial charge is 0.371 e. The summed E-state index contributed by atoms with van der Waals surface area (Å²) >= 11 is 6.36. The molecule has 13 nitrogen and oxygen atoms in total. The van der Waals surface area contributed by atoms with Crippen LogP contribution in [0.5, 0.6) is 0 Å². The highest BCUT2D eigenvalue weighted by Gasteiger charge is 2.46. The van der Waals surface area contributed by atoms with E-state index in [9.17, 15) is 24.0 Å². The zero-order valence-corrected chi connectivity index (χ0v) is 35.1. The number of carbonyl (C=O) groups excluding carboxylic acids is 5. The molecule has 3 aromatic rings. The molecule has 61 heavy (non-hydrogen) atoms. The normalized spacial score (nSPS) is 25.6. The third kappa shape index (κ3) is 7.41. The van der Waals surface area contributed by atoms with Crippen molar-refractivity contribution in [2.24, 2.45) is 17.3 Å². The van der Waals surface area contributed by atoms with Crippen molar-refractivity contribution in [1.29, 1.82) is 0 Å². The van der Waals surface area contributed by atoms with Gasteiger partial charge < -0.3 is 19.6 Å². The second kappa shape index (κ2) is 15.8. The smallest absolute Gasteiger partial charge is 0.262 e. The average molecular weight is 843 g/mol. The number of anilines is 3. The van der Waals surface area contributed by atoms with Crippen molar-refractivity contribution in [3.8, 4) is 0 Å². The predicted octanol–water partition coefficient (Wildman–Crippen LogP) is 5.85. The van der Waals surface area contributed by atoms with E-state index in [4.69, 9.17) is 18.2 Å². The zero-order valence-electron chi connectivity index (χ0n) is 34.4. The summed E-state index contributed by atoms with van der Waals surface area (Å²) in [5, 5.41) is 2.78. The monoisotopic (exact) mass is 842 g/mol. The van der Waals surface area contributed by atoms with Gasteiger partial charge in [-0.1, -0.05) is 17.7 Å². The molecule has 0 saturated carbocycles. The van der Waals surface area contributed by atoms with Gasteiger partial charge in [0.15, 0.2) is 0 Å². The number of amides is 5.